The molecule has 0 saturated carbocycles. The Hall–Kier alpha value is -2.23. The number of thiophene rings is 1. The van der Waals surface area contributed by atoms with Gasteiger partial charge in [-0.05, 0) is 50.3 Å². The zero-order valence-corrected chi connectivity index (χ0v) is 18.1. The van der Waals surface area contributed by atoms with E-state index in [4.69, 9.17) is 0 Å². The number of hydrogen-bond donors (Lipinski definition) is 2. The van der Waals surface area contributed by atoms with Crippen LogP contribution in [0.3, 0.4) is 0 Å². The Bertz CT molecular complexity index is 965. The van der Waals surface area contributed by atoms with E-state index in [1.165, 1.54) is 11.3 Å². The first-order valence-corrected chi connectivity index (χ1v) is 11.8. The van der Waals surface area contributed by atoms with Crippen molar-refractivity contribution in [3.8, 4) is 0 Å². The van der Waals surface area contributed by atoms with Gasteiger partial charge in [-0.2, -0.15) is 0 Å². The van der Waals surface area contributed by atoms with E-state index in [0.717, 1.165) is 5.56 Å². The van der Waals surface area contributed by atoms with Crippen molar-refractivity contribution in [2.75, 3.05) is 13.1 Å². The average Bonchev–Trinajstić information content (AvgIpc) is 3.23. The van der Waals surface area contributed by atoms with Crippen LogP contribution >= 0.6 is 11.3 Å². The lowest BCUT2D eigenvalue weighted by Gasteiger charge is -2.33. The Morgan fingerprint density at radius 3 is 2.52 bits per heavy atom. The first-order valence-electron chi connectivity index (χ1n) is 9.48. The zero-order chi connectivity index (χ0) is 21.0. The molecule has 1 aromatic carbocycles. The highest BCUT2D eigenvalue weighted by atomic mass is 32.2. The van der Waals surface area contributed by atoms with Crippen molar-refractivity contribution in [2.45, 2.75) is 43.0 Å². The van der Waals surface area contributed by atoms with E-state index in [9.17, 15) is 18.0 Å². The summed E-state index contributed by atoms with van der Waals surface area (Å²) in [6.07, 6.45) is 1.07. The number of aryl methyl sites for hydroxylation is 1. The molecule has 7 nitrogen and oxygen atoms in total. The van der Waals surface area contributed by atoms with Crippen LogP contribution in [0.15, 0.2) is 46.0 Å². The maximum Gasteiger partial charge on any atom is 0.251 e. The maximum atomic E-state index is 12.7. The Labute approximate surface area is 175 Å². The summed E-state index contributed by atoms with van der Waals surface area (Å²) in [6.45, 7) is 4.46. The van der Waals surface area contributed by atoms with Gasteiger partial charge in [-0.3, -0.25) is 9.59 Å². The van der Waals surface area contributed by atoms with Crippen molar-refractivity contribution in [3.05, 3.63) is 52.9 Å². The molecule has 0 bridgehead atoms. The number of carbonyl (C=O) groups is 2. The van der Waals surface area contributed by atoms with Crippen molar-refractivity contribution in [2.24, 2.45) is 0 Å². The second-order valence-corrected chi connectivity index (χ2v) is 10.1. The summed E-state index contributed by atoms with van der Waals surface area (Å²) in [5.41, 5.74) is 1.50. The second-order valence-electron chi connectivity index (χ2n) is 7.22. The summed E-state index contributed by atoms with van der Waals surface area (Å²) in [7, 11) is -3.51. The second kappa shape index (κ2) is 9.06. The molecule has 1 aliphatic rings. The molecule has 0 aliphatic carbocycles. The number of likely N-dealkylation sites (tertiary alicyclic amines) is 1. The minimum atomic E-state index is -3.51. The smallest absolute Gasteiger partial charge is 0.251 e. The number of nitrogens with one attached hydrogen (secondary N) is 2. The fourth-order valence-corrected chi connectivity index (χ4v) is 5.63. The monoisotopic (exact) mass is 435 g/mol. The molecule has 1 aromatic heterocycles. The molecule has 0 radical (unpaired) electrons. The normalized spacial score (nSPS) is 16.4. The third-order valence-electron chi connectivity index (χ3n) is 4.89. The van der Waals surface area contributed by atoms with Gasteiger partial charge in [-0.1, -0.05) is 23.8 Å². The lowest BCUT2D eigenvalue weighted by Crippen LogP contribution is -2.52. The van der Waals surface area contributed by atoms with Crippen LogP contribution in [-0.2, 0) is 14.8 Å². The Morgan fingerprint density at radius 2 is 1.90 bits per heavy atom. The largest absolute Gasteiger partial charge is 0.341 e. The highest BCUT2D eigenvalue weighted by Crippen LogP contribution is 2.19. The highest BCUT2D eigenvalue weighted by molar-refractivity contribution is 7.91. The van der Waals surface area contributed by atoms with Gasteiger partial charge in [-0.15, -0.1) is 11.3 Å². The van der Waals surface area contributed by atoms with E-state index < -0.39 is 16.1 Å². The van der Waals surface area contributed by atoms with E-state index in [0.29, 0.717) is 35.7 Å². The Morgan fingerprint density at radius 1 is 1.17 bits per heavy atom. The molecule has 2 aromatic rings. The minimum Gasteiger partial charge on any atom is -0.341 e. The first-order chi connectivity index (χ1) is 13.8. The van der Waals surface area contributed by atoms with Crippen molar-refractivity contribution in [1.82, 2.24) is 14.9 Å². The number of amides is 2. The minimum absolute atomic E-state index is 0.162. The Kier molecular flexibility index (Phi) is 6.71. The van der Waals surface area contributed by atoms with Crippen LogP contribution in [0.1, 0.15) is 35.7 Å². The maximum absolute atomic E-state index is 12.7. The van der Waals surface area contributed by atoms with Crippen molar-refractivity contribution in [3.63, 3.8) is 0 Å². The number of carbonyl (C=O) groups excluding carboxylic acids is 2. The van der Waals surface area contributed by atoms with Crippen LogP contribution in [0.25, 0.3) is 0 Å². The summed E-state index contributed by atoms with van der Waals surface area (Å²) in [6, 6.07) is 9.62. The molecule has 29 heavy (non-hydrogen) atoms. The van der Waals surface area contributed by atoms with Gasteiger partial charge >= 0.3 is 0 Å². The summed E-state index contributed by atoms with van der Waals surface area (Å²) >= 11 is 1.18. The predicted molar refractivity (Wildman–Crippen MR) is 112 cm³/mol. The SMILES string of the molecule is Cc1cccc(C(=O)NC(C)C(=O)N2CCC(NS(=O)(=O)c3cccs3)CC2)c1. The summed E-state index contributed by atoms with van der Waals surface area (Å²) in [5.74, 6) is -0.446. The van der Waals surface area contributed by atoms with Gasteiger partial charge in [0.1, 0.15) is 10.3 Å². The topological polar surface area (TPSA) is 95.6 Å². The molecule has 1 fully saturated rings. The van der Waals surface area contributed by atoms with Crippen LogP contribution in [0, 0.1) is 6.92 Å². The quantitative estimate of drug-likeness (QED) is 0.727. The van der Waals surface area contributed by atoms with Gasteiger partial charge in [0.25, 0.3) is 5.91 Å². The highest BCUT2D eigenvalue weighted by Gasteiger charge is 2.29. The van der Waals surface area contributed by atoms with Gasteiger partial charge in [-0.25, -0.2) is 13.1 Å². The van der Waals surface area contributed by atoms with Gasteiger partial charge < -0.3 is 10.2 Å². The molecule has 1 saturated heterocycles. The molecule has 156 valence electrons. The van der Waals surface area contributed by atoms with Crippen molar-refractivity contribution in [1.29, 1.82) is 0 Å². The van der Waals surface area contributed by atoms with Crippen LogP contribution in [0.4, 0.5) is 0 Å². The predicted octanol–water partition coefficient (Wildman–Crippen LogP) is 2.14. The number of nitrogens with zero attached hydrogens (tertiary/aromatic N) is 1. The Balaban J connectivity index is 1.51. The number of sulfonamides is 1. The van der Waals surface area contributed by atoms with Crippen LogP contribution < -0.4 is 10.0 Å². The molecule has 0 spiro atoms. The lowest BCUT2D eigenvalue weighted by molar-refractivity contribution is -0.133. The van der Waals surface area contributed by atoms with Crippen molar-refractivity contribution < 1.29 is 18.0 Å². The van der Waals surface area contributed by atoms with Crippen LogP contribution in [0.5, 0.6) is 0 Å². The van der Waals surface area contributed by atoms with E-state index in [-0.39, 0.29) is 17.9 Å². The average molecular weight is 436 g/mol. The number of benzene rings is 1. The number of hydrogen-bond acceptors (Lipinski definition) is 5. The lowest BCUT2D eigenvalue weighted by atomic mass is 10.1. The van der Waals surface area contributed by atoms with Gasteiger partial charge in [0, 0.05) is 24.7 Å². The molecule has 2 heterocycles. The summed E-state index contributed by atoms with van der Waals surface area (Å²) < 4.78 is 27.7. The van der Waals surface area contributed by atoms with Crippen LogP contribution in [-0.4, -0.2) is 50.3 Å². The van der Waals surface area contributed by atoms with Gasteiger partial charge in [0.15, 0.2) is 0 Å². The first kappa shape index (κ1) is 21.5. The molecule has 9 heteroatoms. The number of rotatable bonds is 6. The standard InChI is InChI=1S/C20H25N3O4S2/c1-14-5-3-6-16(13-14)19(24)21-15(2)20(25)23-10-8-17(9-11-23)22-29(26,27)18-7-4-12-28-18/h3-7,12-13,15,17,22H,8-11H2,1-2H3,(H,21,24). The molecule has 3 rings (SSSR count). The molecule has 2 amide bonds. The summed E-state index contributed by atoms with van der Waals surface area (Å²) in [5, 5.41) is 4.47. The molecule has 2 N–H and O–H groups in total. The van der Waals surface area contributed by atoms with Gasteiger partial charge in [0.2, 0.25) is 15.9 Å². The molecular weight excluding hydrogens is 410 g/mol. The van der Waals surface area contributed by atoms with E-state index >= 15 is 0 Å². The molecule has 1 unspecified atom stereocenters. The summed E-state index contributed by atoms with van der Waals surface area (Å²) in [4.78, 5) is 26.7. The molecule has 1 aliphatic heterocycles. The van der Waals surface area contributed by atoms with E-state index in [1.807, 2.05) is 13.0 Å². The zero-order valence-electron chi connectivity index (χ0n) is 16.4. The third kappa shape index (κ3) is 5.43. The van der Waals surface area contributed by atoms with Crippen LogP contribution in [0.2, 0.25) is 0 Å². The number of piperidine rings is 1. The third-order valence-corrected chi connectivity index (χ3v) is 7.80. The molecule has 1 atom stereocenters. The van der Waals surface area contributed by atoms with E-state index in [2.05, 4.69) is 10.0 Å². The fourth-order valence-electron chi connectivity index (χ4n) is 3.31. The van der Waals surface area contributed by atoms with E-state index in [1.54, 1.807) is 47.5 Å². The van der Waals surface area contributed by atoms with Gasteiger partial charge in [0.05, 0.1) is 0 Å². The van der Waals surface area contributed by atoms with Crippen molar-refractivity contribution >= 4 is 33.2 Å². The fraction of sp³-hybridized carbons (Fsp3) is 0.400. The molecular formula is C20H25N3O4S2.